The Hall–Kier alpha value is -1.48. The van der Waals surface area contributed by atoms with Gasteiger partial charge in [-0.1, -0.05) is 12.1 Å². The van der Waals surface area contributed by atoms with E-state index < -0.39 is 0 Å². The van der Waals surface area contributed by atoms with Gasteiger partial charge in [0.15, 0.2) is 0 Å². The number of hydrogen-bond acceptors (Lipinski definition) is 3. The number of benzene rings is 1. The molecule has 3 N–H and O–H groups in total. The number of ether oxygens (including phenoxy) is 1. The number of piperidine rings is 1. The first kappa shape index (κ1) is 13.5. The molecule has 0 aromatic heterocycles. The van der Waals surface area contributed by atoms with Gasteiger partial charge in [0.1, 0.15) is 5.75 Å². The molecular formula is C17H24N2O. The van der Waals surface area contributed by atoms with Gasteiger partial charge in [-0.15, -0.1) is 0 Å². The molecule has 1 fully saturated rings. The molecule has 3 rings (SSSR count). The highest BCUT2D eigenvalue weighted by Gasteiger charge is 2.33. The second-order valence-corrected chi connectivity index (χ2v) is 6.14. The van der Waals surface area contributed by atoms with Crippen molar-refractivity contribution < 1.29 is 4.74 Å². The normalized spacial score (nSPS) is 21.6. The molecule has 1 aliphatic carbocycles. The van der Waals surface area contributed by atoms with Crippen LogP contribution in [0.15, 0.2) is 24.3 Å². The molecule has 0 amide bonds. The third kappa shape index (κ3) is 2.55. The lowest BCUT2D eigenvalue weighted by molar-refractivity contribution is 0.184. The molecular weight excluding hydrogens is 248 g/mol. The van der Waals surface area contributed by atoms with Crippen LogP contribution in [0.5, 0.6) is 5.75 Å². The predicted molar refractivity (Wildman–Crippen MR) is 83.8 cm³/mol. The summed E-state index contributed by atoms with van der Waals surface area (Å²) >= 11 is 0. The first-order valence-electron chi connectivity index (χ1n) is 7.56. The van der Waals surface area contributed by atoms with Crippen LogP contribution in [-0.2, 0) is 0 Å². The number of allylic oxidation sites excluding steroid dienone is 2. The molecule has 3 heteroatoms. The van der Waals surface area contributed by atoms with Crippen molar-refractivity contribution in [2.75, 3.05) is 25.9 Å². The zero-order valence-corrected chi connectivity index (χ0v) is 12.2. The number of hydrogen-bond donors (Lipinski definition) is 2. The minimum absolute atomic E-state index is 0.562. The van der Waals surface area contributed by atoms with Gasteiger partial charge in [0, 0.05) is 0 Å². The second kappa shape index (κ2) is 5.49. The minimum atomic E-state index is 0.562. The van der Waals surface area contributed by atoms with Crippen LogP contribution in [0.1, 0.15) is 37.7 Å². The van der Waals surface area contributed by atoms with Gasteiger partial charge in [0.05, 0.1) is 12.8 Å². The molecule has 108 valence electrons. The topological polar surface area (TPSA) is 47.3 Å². The third-order valence-electron chi connectivity index (χ3n) is 4.97. The Balaban J connectivity index is 1.79. The fraction of sp³-hybridized carbons (Fsp3) is 0.529. The van der Waals surface area contributed by atoms with Crippen LogP contribution < -0.4 is 15.8 Å². The van der Waals surface area contributed by atoms with Gasteiger partial charge < -0.3 is 15.8 Å². The quantitative estimate of drug-likeness (QED) is 0.813. The SMILES string of the molecule is COc1cc(C2=CCC3(CCNCC3)CC2)ccc1N. The lowest BCUT2D eigenvalue weighted by Gasteiger charge is -2.40. The maximum absolute atomic E-state index is 5.89. The van der Waals surface area contributed by atoms with E-state index in [1.54, 1.807) is 7.11 Å². The smallest absolute Gasteiger partial charge is 0.142 e. The minimum Gasteiger partial charge on any atom is -0.495 e. The second-order valence-electron chi connectivity index (χ2n) is 6.14. The molecule has 0 bridgehead atoms. The first-order chi connectivity index (χ1) is 9.72. The van der Waals surface area contributed by atoms with Crippen LogP contribution in [0.3, 0.4) is 0 Å². The molecule has 0 atom stereocenters. The van der Waals surface area contributed by atoms with E-state index in [9.17, 15) is 0 Å². The van der Waals surface area contributed by atoms with Gasteiger partial charge in [0.25, 0.3) is 0 Å². The summed E-state index contributed by atoms with van der Waals surface area (Å²) in [4.78, 5) is 0. The molecule has 1 heterocycles. The Morgan fingerprint density at radius 2 is 2.00 bits per heavy atom. The standard InChI is InChI=1S/C17H24N2O/c1-20-16-12-14(2-3-15(16)18)13-4-6-17(7-5-13)8-10-19-11-9-17/h2-4,12,19H,5-11,18H2,1H3. The molecule has 0 radical (unpaired) electrons. The van der Waals surface area contributed by atoms with Crippen LogP contribution in [0, 0.1) is 5.41 Å². The van der Waals surface area contributed by atoms with Crippen molar-refractivity contribution in [3.05, 3.63) is 29.8 Å². The van der Waals surface area contributed by atoms with E-state index in [0.29, 0.717) is 11.1 Å². The molecule has 1 spiro atoms. The van der Waals surface area contributed by atoms with E-state index in [4.69, 9.17) is 10.5 Å². The largest absolute Gasteiger partial charge is 0.495 e. The summed E-state index contributed by atoms with van der Waals surface area (Å²) in [5.41, 5.74) is 9.88. The van der Waals surface area contributed by atoms with E-state index in [2.05, 4.69) is 23.5 Å². The number of rotatable bonds is 2. The summed E-state index contributed by atoms with van der Waals surface area (Å²) < 4.78 is 5.33. The van der Waals surface area contributed by atoms with Crippen molar-refractivity contribution in [2.24, 2.45) is 5.41 Å². The number of nitrogen functional groups attached to an aromatic ring is 1. The summed E-state index contributed by atoms with van der Waals surface area (Å²) in [5, 5.41) is 3.47. The zero-order valence-electron chi connectivity index (χ0n) is 12.2. The molecule has 20 heavy (non-hydrogen) atoms. The molecule has 0 unspecified atom stereocenters. The maximum Gasteiger partial charge on any atom is 0.142 e. The van der Waals surface area contributed by atoms with Gasteiger partial charge in [-0.05, 0) is 73.9 Å². The van der Waals surface area contributed by atoms with Crippen molar-refractivity contribution >= 4 is 11.3 Å². The molecule has 1 aromatic rings. The van der Waals surface area contributed by atoms with E-state index in [1.165, 1.54) is 56.3 Å². The molecule has 1 saturated heterocycles. The average molecular weight is 272 g/mol. The summed E-state index contributed by atoms with van der Waals surface area (Å²) in [6, 6.07) is 6.13. The number of anilines is 1. The summed E-state index contributed by atoms with van der Waals surface area (Å²) in [6.45, 7) is 2.36. The molecule has 0 saturated carbocycles. The van der Waals surface area contributed by atoms with Gasteiger partial charge >= 0.3 is 0 Å². The van der Waals surface area contributed by atoms with Crippen molar-refractivity contribution in [3.8, 4) is 5.75 Å². The maximum atomic E-state index is 5.89. The predicted octanol–water partition coefficient (Wildman–Crippen LogP) is 3.21. The van der Waals surface area contributed by atoms with E-state index in [1.807, 2.05) is 6.07 Å². The van der Waals surface area contributed by atoms with Crippen molar-refractivity contribution in [1.82, 2.24) is 5.32 Å². The van der Waals surface area contributed by atoms with E-state index in [-0.39, 0.29) is 0 Å². The van der Waals surface area contributed by atoms with Gasteiger partial charge in [-0.25, -0.2) is 0 Å². The Morgan fingerprint density at radius 1 is 1.20 bits per heavy atom. The van der Waals surface area contributed by atoms with Crippen molar-refractivity contribution in [3.63, 3.8) is 0 Å². The summed E-state index contributed by atoms with van der Waals surface area (Å²) in [5.74, 6) is 0.783. The lowest BCUT2D eigenvalue weighted by Crippen LogP contribution is -2.37. The Labute approximate surface area is 121 Å². The lowest BCUT2D eigenvalue weighted by atomic mass is 9.68. The van der Waals surface area contributed by atoms with Crippen LogP contribution in [0.25, 0.3) is 5.57 Å². The Kier molecular flexibility index (Phi) is 3.70. The zero-order chi connectivity index (χ0) is 14.0. The fourth-order valence-electron chi connectivity index (χ4n) is 3.53. The van der Waals surface area contributed by atoms with Crippen LogP contribution >= 0.6 is 0 Å². The van der Waals surface area contributed by atoms with Crippen LogP contribution in [-0.4, -0.2) is 20.2 Å². The third-order valence-corrected chi connectivity index (χ3v) is 4.97. The summed E-state index contributed by atoms with van der Waals surface area (Å²) in [6.07, 6.45) is 8.79. The highest BCUT2D eigenvalue weighted by Crippen LogP contribution is 2.45. The first-order valence-corrected chi connectivity index (χ1v) is 7.56. The number of nitrogens with two attached hydrogens (primary N) is 1. The highest BCUT2D eigenvalue weighted by atomic mass is 16.5. The van der Waals surface area contributed by atoms with Crippen molar-refractivity contribution in [2.45, 2.75) is 32.1 Å². The molecule has 1 aromatic carbocycles. The van der Waals surface area contributed by atoms with Gasteiger partial charge in [-0.2, -0.15) is 0 Å². The average Bonchev–Trinajstić information content (AvgIpc) is 2.50. The highest BCUT2D eigenvalue weighted by molar-refractivity contribution is 5.70. The Morgan fingerprint density at radius 3 is 2.65 bits per heavy atom. The molecule has 3 nitrogen and oxygen atoms in total. The Bertz CT molecular complexity index is 516. The monoisotopic (exact) mass is 272 g/mol. The van der Waals surface area contributed by atoms with Gasteiger partial charge in [0.2, 0.25) is 0 Å². The van der Waals surface area contributed by atoms with E-state index >= 15 is 0 Å². The molecule has 2 aliphatic rings. The van der Waals surface area contributed by atoms with Crippen molar-refractivity contribution in [1.29, 1.82) is 0 Å². The van der Waals surface area contributed by atoms with E-state index in [0.717, 1.165) is 5.75 Å². The number of nitrogens with one attached hydrogen (secondary N) is 1. The summed E-state index contributed by atoms with van der Waals surface area (Å²) in [7, 11) is 1.68. The molecule has 1 aliphatic heterocycles. The fourth-order valence-corrected chi connectivity index (χ4v) is 3.53. The number of methoxy groups -OCH3 is 1. The van der Waals surface area contributed by atoms with Crippen LogP contribution in [0.2, 0.25) is 0 Å². The van der Waals surface area contributed by atoms with Gasteiger partial charge in [-0.3, -0.25) is 0 Å². The van der Waals surface area contributed by atoms with Crippen LogP contribution in [0.4, 0.5) is 5.69 Å².